The topological polar surface area (TPSA) is 41.1 Å². The molecule has 1 aromatic carbocycles. The Labute approximate surface area is 103 Å². The number of anilines is 1. The molecule has 2 rings (SSSR count). The van der Waals surface area contributed by atoms with Crippen molar-refractivity contribution in [1.29, 1.82) is 0 Å². The fourth-order valence-corrected chi connectivity index (χ4v) is 2.24. The summed E-state index contributed by atoms with van der Waals surface area (Å²) >= 11 is 0. The van der Waals surface area contributed by atoms with Gasteiger partial charge in [0.1, 0.15) is 0 Å². The van der Waals surface area contributed by atoms with Gasteiger partial charge in [-0.2, -0.15) is 0 Å². The first kappa shape index (κ1) is 12.1. The third-order valence-corrected chi connectivity index (χ3v) is 3.26. The first-order valence-electron chi connectivity index (χ1n) is 6.34. The maximum absolute atomic E-state index is 11.9. The zero-order chi connectivity index (χ0) is 12.1. The molecule has 0 radical (unpaired) electrons. The molecule has 1 unspecified atom stereocenters. The fraction of sp³-hybridized carbons (Fsp3) is 0.500. The standard InChI is InChI=1S/C14H20N2O/c1-11-6-2-3-8-13(11)16-14(17)10-12-7-4-5-9-15-12/h2-3,6,8,12,15H,4-5,7,9-10H2,1H3,(H,16,17). The van der Waals surface area contributed by atoms with Crippen LogP contribution in [0.25, 0.3) is 0 Å². The molecule has 3 nitrogen and oxygen atoms in total. The van der Waals surface area contributed by atoms with Crippen molar-refractivity contribution in [2.24, 2.45) is 0 Å². The maximum atomic E-state index is 11.9. The van der Waals surface area contributed by atoms with Gasteiger partial charge in [0.05, 0.1) is 0 Å². The molecular weight excluding hydrogens is 212 g/mol. The number of aryl methyl sites for hydroxylation is 1. The molecule has 0 spiro atoms. The van der Waals surface area contributed by atoms with Crippen molar-refractivity contribution in [1.82, 2.24) is 5.32 Å². The lowest BCUT2D eigenvalue weighted by Crippen LogP contribution is -2.37. The molecule has 17 heavy (non-hydrogen) atoms. The summed E-state index contributed by atoms with van der Waals surface area (Å²) in [7, 11) is 0. The van der Waals surface area contributed by atoms with Crippen LogP contribution in [0.3, 0.4) is 0 Å². The van der Waals surface area contributed by atoms with E-state index in [2.05, 4.69) is 10.6 Å². The Bertz CT molecular complexity index is 384. The zero-order valence-electron chi connectivity index (χ0n) is 10.3. The van der Waals surface area contributed by atoms with Crippen LogP contribution < -0.4 is 10.6 Å². The van der Waals surface area contributed by atoms with E-state index in [0.29, 0.717) is 12.5 Å². The van der Waals surface area contributed by atoms with Crippen LogP contribution in [-0.4, -0.2) is 18.5 Å². The van der Waals surface area contributed by atoms with Crippen molar-refractivity contribution >= 4 is 11.6 Å². The van der Waals surface area contributed by atoms with Crippen molar-refractivity contribution in [3.8, 4) is 0 Å². The molecule has 1 aliphatic rings. The highest BCUT2D eigenvalue weighted by atomic mass is 16.1. The van der Waals surface area contributed by atoms with Crippen LogP contribution >= 0.6 is 0 Å². The predicted molar refractivity (Wildman–Crippen MR) is 70.1 cm³/mol. The van der Waals surface area contributed by atoms with E-state index >= 15 is 0 Å². The number of carbonyl (C=O) groups is 1. The predicted octanol–water partition coefficient (Wildman–Crippen LogP) is 2.47. The van der Waals surface area contributed by atoms with E-state index in [0.717, 1.165) is 24.2 Å². The molecule has 0 bridgehead atoms. The van der Waals surface area contributed by atoms with Crippen LogP contribution in [0.4, 0.5) is 5.69 Å². The summed E-state index contributed by atoms with van der Waals surface area (Å²) < 4.78 is 0. The van der Waals surface area contributed by atoms with E-state index in [1.165, 1.54) is 12.8 Å². The molecule has 0 aromatic heterocycles. The average molecular weight is 232 g/mol. The van der Waals surface area contributed by atoms with E-state index in [1.54, 1.807) is 0 Å². The van der Waals surface area contributed by atoms with Crippen LogP contribution in [0.1, 0.15) is 31.2 Å². The van der Waals surface area contributed by atoms with E-state index in [9.17, 15) is 4.79 Å². The number of hydrogen-bond donors (Lipinski definition) is 2. The van der Waals surface area contributed by atoms with Crippen LogP contribution in [0.5, 0.6) is 0 Å². The normalized spacial score (nSPS) is 19.9. The minimum Gasteiger partial charge on any atom is -0.326 e. The van der Waals surface area contributed by atoms with E-state index < -0.39 is 0 Å². The molecule has 0 aliphatic carbocycles. The molecule has 3 heteroatoms. The maximum Gasteiger partial charge on any atom is 0.225 e. The summed E-state index contributed by atoms with van der Waals surface area (Å²) in [5.74, 6) is 0.110. The molecule has 1 amide bonds. The van der Waals surface area contributed by atoms with Crippen LogP contribution in [0.15, 0.2) is 24.3 Å². The van der Waals surface area contributed by atoms with Gasteiger partial charge in [-0.05, 0) is 37.9 Å². The summed E-state index contributed by atoms with van der Waals surface area (Å²) in [6.45, 7) is 3.05. The molecule has 92 valence electrons. The number of amides is 1. The first-order chi connectivity index (χ1) is 8.25. The lowest BCUT2D eigenvalue weighted by atomic mass is 10.0. The fourth-order valence-electron chi connectivity index (χ4n) is 2.24. The van der Waals surface area contributed by atoms with Crippen molar-refractivity contribution in [3.63, 3.8) is 0 Å². The SMILES string of the molecule is Cc1ccccc1NC(=O)CC1CCCCN1. The van der Waals surface area contributed by atoms with Crippen LogP contribution in [0, 0.1) is 6.92 Å². The summed E-state index contributed by atoms with van der Waals surface area (Å²) in [4.78, 5) is 11.9. The summed E-state index contributed by atoms with van der Waals surface area (Å²) in [5.41, 5.74) is 2.03. The van der Waals surface area contributed by atoms with Gasteiger partial charge in [-0.1, -0.05) is 24.6 Å². The van der Waals surface area contributed by atoms with Gasteiger partial charge in [0.25, 0.3) is 0 Å². The average Bonchev–Trinajstić information content (AvgIpc) is 2.33. The second-order valence-electron chi connectivity index (χ2n) is 4.71. The molecule has 1 aromatic rings. The number of piperidine rings is 1. The summed E-state index contributed by atoms with van der Waals surface area (Å²) in [5, 5.41) is 6.37. The van der Waals surface area contributed by atoms with E-state index in [1.807, 2.05) is 31.2 Å². The largest absolute Gasteiger partial charge is 0.326 e. The third-order valence-electron chi connectivity index (χ3n) is 3.26. The number of carbonyl (C=O) groups excluding carboxylic acids is 1. The van der Waals surface area contributed by atoms with Gasteiger partial charge in [0.15, 0.2) is 0 Å². The Morgan fingerprint density at radius 1 is 1.41 bits per heavy atom. The van der Waals surface area contributed by atoms with Crippen molar-refractivity contribution in [2.75, 3.05) is 11.9 Å². The summed E-state index contributed by atoms with van der Waals surface area (Å²) in [6, 6.07) is 8.23. The first-order valence-corrected chi connectivity index (χ1v) is 6.34. The number of benzene rings is 1. The number of hydrogen-bond acceptors (Lipinski definition) is 2. The molecule has 1 saturated heterocycles. The van der Waals surface area contributed by atoms with Crippen LogP contribution in [-0.2, 0) is 4.79 Å². The minimum atomic E-state index is 0.110. The number of para-hydroxylation sites is 1. The van der Waals surface area contributed by atoms with Gasteiger partial charge in [-0.15, -0.1) is 0 Å². The lowest BCUT2D eigenvalue weighted by molar-refractivity contribution is -0.116. The van der Waals surface area contributed by atoms with Gasteiger partial charge < -0.3 is 10.6 Å². The minimum absolute atomic E-state index is 0.110. The summed E-state index contributed by atoms with van der Waals surface area (Å²) in [6.07, 6.45) is 4.15. The van der Waals surface area contributed by atoms with Crippen molar-refractivity contribution in [3.05, 3.63) is 29.8 Å². The Balaban J connectivity index is 1.86. The van der Waals surface area contributed by atoms with Crippen LogP contribution in [0.2, 0.25) is 0 Å². The highest BCUT2D eigenvalue weighted by Crippen LogP contribution is 2.15. The van der Waals surface area contributed by atoms with Crippen molar-refractivity contribution < 1.29 is 4.79 Å². The zero-order valence-corrected chi connectivity index (χ0v) is 10.3. The molecular formula is C14H20N2O. The van der Waals surface area contributed by atoms with Gasteiger partial charge in [-0.3, -0.25) is 4.79 Å². The Morgan fingerprint density at radius 3 is 2.94 bits per heavy atom. The highest BCUT2D eigenvalue weighted by Gasteiger charge is 2.16. The van der Waals surface area contributed by atoms with Gasteiger partial charge in [0, 0.05) is 18.2 Å². The second kappa shape index (κ2) is 5.82. The molecule has 1 atom stereocenters. The molecule has 1 heterocycles. The number of nitrogens with one attached hydrogen (secondary N) is 2. The third kappa shape index (κ3) is 3.56. The molecule has 0 saturated carbocycles. The Kier molecular flexibility index (Phi) is 4.15. The number of rotatable bonds is 3. The highest BCUT2D eigenvalue weighted by molar-refractivity contribution is 5.91. The smallest absolute Gasteiger partial charge is 0.225 e. The van der Waals surface area contributed by atoms with E-state index in [4.69, 9.17) is 0 Å². The molecule has 1 aliphatic heterocycles. The Hall–Kier alpha value is -1.35. The molecule has 2 N–H and O–H groups in total. The van der Waals surface area contributed by atoms with Gasteiger partial charge in [0.2, 0.25) is 5.91 Å². The molecule has 1 fully saturated rings. The van der Waals surface area contributed by atoms with Crippen molar-refractivity contribution in [2.45, 2.75) is 38.6 Å². The Morgan fingerprint density at radius 2 is 2.24 bits per heavy atom. The van der Waals surface area contributed by atoms with Gasteiger partial charge in [-0.25, -0.2) is 0 Å². The lowest BCUT2D eigenvalue weighted by Gasteiger charge is -2.22. The quantitative estimate of drug-likeness (QED) is 0.840. The second-order valence-corrected chi connectivity index (χ2v) is 4.71. The van der Waals surface area contributed by atoms with E-state index in [-0.39, 0.29) is 5.91 Å². The van der Waals surface area contributed by atoms with Gasteiger partial charge >= 0.3 is 0 Å². The monoisotopic (exact) mass is 232 g/mol.